The number of carbonyl (C=O) groups excluding carboxylic acids is 2. The van der Waals surface area contributed by atoms with Gasteiger partial charge in [0.25, 0.3) is 0 Å². The van der Waals surface area contributed by atoms with Gasteiger partial charge in [0.05, 0.1) is 12.3 Å². The van der Waals surface area contributed by atoms with Gasteiger partial charge in [-0.2, -0.15) is 0 Å². The minimum Gasteiger partial charge on any atom is -0.352 e. The highest BCUT2D eigenvalue weighted by Crippen LogP contribution is 2.05. The summed E-state index contributed by atoms with van der Waals surface area (Å²) in [5, 5.41) is 12.0. The van der Waals surface area contributed by atoms with Crippen LogP contribution in [0.4, 0.5) is 0 Å². The van der Waals surface area contributed by atoms with E-state index in [1.807, 2.05) is 37.3 Å². The second kappa shape index (κ2) is 9.50. The number of nitrogens with two attached hydrogens (primary N) is 1. The van der Waals surface area contributed by atoms with Crippen molar-refractivity contribution in [3.05, 3.63) is 35.9 Å². The number of carbonyl (C=O) groups is 2. The lowest BCUT2D eigenvalue weighted by atomic mass is 10.1. The summed E-state index contributed by atoms with van der Waals surface area (Å²) in [6.45, 7) is 4.14. The zero-order valence-electron chi connectivity index (χ0n) is 14.9. The largest absolute Gasteiger partial charge is 0.352 e. The van der Waals surface area contributed by atoms with Crippen molar-refractivity contribution in [1.82, 2.24) is 21.3 Å². The molecule has 138 valence electrons. The predicted molar refractivity (Wildman–Crippen MR) is 97.5 cm³/mol. The molecule has 25 heavy (non-hydrogen) atoms. The monoisotopic (exact) mass is 347 g/mol. The Kier molecular flexibility index (Phi) is 7.36. The third kappa shape index (κ3) is 7.21. The van der Waals surface area contributed by atoms with E-state index in [9.17, 15) is 9.59 Å². The topological polar surface area (TPSA) is 118 Å². The van der Waals surface area contributed by atoms with Crippen LogP contribution in [0.1, 0.15) is 32.3 Å². The predicted octanol–water partition coefficient (Wildman–Crippen LogP) is -0.178. The molecule has 1 aliphatic heterocycles. The highest BCUT2D eigenvalue weighted by Gasteiger charge is 2.31. The fourth-order valence-electron chi connectivity index (χ4n) is 2.78. The van der Waals surface area contributed by atoms with Crippen molar-refractivity contribution in [2.24, 2.45) is 5.73 Å². The van der Waals surface area contributed by atoms with Crippen LogP contribution in [0.15, 0.2) is 30.3 Å². The van der Waals surface area contributed by atoms with Crippen LogP contribution in [0, 0.1) is 0 Å². The Balaban J connectivity index is 1.76. The average Bonchev–Trinajstić information content (AvgIpc) is 3.26. The Hall–Kier alpha value is -1.96. The Bertz CT molecular complexity index is 566. The molecule has 1 aromatic carbocycles. The summed E-state index contributed by atoms with van der Waals surface area (Å²) in [5.41, 5.74) is 6.82. The molecule has 0 radical (unpaired) electrons. The van der Waals surface area contributed by atoms with Crippen molar-refractivity contribution in [2.45, 2.75) is 57.5 Å². The molecular formula is C18H29N5O2. The molecule has 0 aromatic heterocycles. The van der Waals surface area contributed by atoms with Gasteiger partial charge >= 0.3 is 0 Å². The number of amides is 2. The van der Waals surface area contributed by atoms with Crippen LogP contribution in [-0.2, 0) is 16.0 Å². The molecule has 4 unspecified atom stereocenters. The van der Waals surface area contributed by atoms with E-state index in [0.717, 1.165) is 19.4 Å². The molecule has 0 saturated carbocycles. The van der Waals surface area contributed by atoms with Gasteiger partial charge in [0.1, 0.15) is 6.04 Å². The fourth-order valence-corrected chi connectivity index (χ4v) is 2.78. The van der Waals surface area contributed by atoms with E-state index in [1.165, 1.54) is 12.5 Å². The van der Waals surface area contributed by atoms with Crippen LogP contribution < -0.4 is 27.0 Å². The molecule has 6 N–H and O–H groups in total. The average molecular weight is 347 g/mol. The van der Waals surface area contributed by atoms with Crippen molar-refractivity contribution >= 4 is 11.8 Å². The normalized spacial score (nSPS) is 21.2. The van der Waals surface area contributed by atoms with Crippen LogP contribution in [0.3, 0.4) is 0 Å². The quantitative estimate of drug-likeness (QED) is 0.297. The first-order chi connectivity index (χ1) is 12.0. The van der Waals surface area contributed by atoms with Gasteiger partial charge < -0.3 is 16.4 Å². The SMILES string of the molecule is CC(=O)NC(CCCNC1NC1N)C(=O)NC(C)Cc1ccccc1. The first-order valence-electron chi connectivity index (χ1n) is 8.82. The lowest BCUT2D eigenvalue weighted by molar-refractivity contribution is -0.128. The molecular weight excluding hydrogens is 318 g/mol. The maximum absolute atomic E-state index is 12.5. The van der Waals surface area contributed by atoms with Crippen LogP contribution >= 0.6 is 0 Å². The maximum atomic E-state index is 12.5. The van der Waals surface area contributed by atoms with Gasteiger partial charge in [-0.15, -0.1) is 0 Å². The molecule has 0 bridgehead atoms. The van der Waals surface area contributed by atoms with Gasteiger partial charge in [-0.05, 0) is 38.3 Å². The zero-order valence-corrected chi connectivity index (χ0v) is 14.9. The minimum atomic E-state index is -0.515. The van der Waals surface area contributed by atoms with Crippen molar-refractivity contribution in [3.63, 3.8) is 0 Å². The summed E-state index contributed by atoms with van der Waals surface area (Å²) in [6, 6.07) is 9.50. The second-order valence-corrected chi connectivity index (χ2v) is 6.62. The van der Waals surface area contributed by atoms with E-state index in [2.05, 4.69) is 21.3 Å². The zero-order chi connectivity index (χ0) is 18.2. The van der Waals surface area contributed by atoms with Crippen LogP contribution in [0.25, 0.3) is 0 Å². The van der Waals surface area contributed by atoms with E-state index in [1.54, 1.807) is 0 Å². The number of nitrogens with one attached hydrogen (secondary N) is 4. The fraction of sp³-hybridized carbons (Fsp3) is 0.556. The molecule has 0 spiro atoms. The van der Waals surface area contributed by atoms with E-state index in [0.29, 0.717) is 6.42 Å². The van der Waals surface area contributed by atoms with Crippen molar-refractivity contribution < 1.29 is 9.59 Å². The molecule has 1 saturated heterocycles. The first kappa shape index (κ1) is 19.4. The minimum absolute atomic E-state index is 0.00190. The van der Waals surface area contributed by atoms with Gasteiger partial charge in [-0.3, -0.25) is 20.2 Å². The summed E-state index contributed by atoms with van der Waals surface area (Å²) in [4.78, 5) is 23.9. The summed E-state index contributed by atoms with van der Waals surface area (Å²) in [6.07, 6.45) is 2.30. The summed E-state index contributed by atoms with van der Waals surface area (Å²) in [7, 11) is 0. The number of benzene rings is 1. The maximum Gasteiger partial charge on any atom is 0.242 e. The third-order valence-corrected chi connectivity index (χ3v) is 4.12. The lowest BCUT2D eigenvalue weighted by Crippen LogP contribution is -2.49. The van der Waals surface area contributed by atoms with Crippen LogP contribution in [-0.4, -0.2) is 42.8 Å². The molecule has 1 heterocycles. The molecule has 2 rings (SSSR count). The molecule has 7 heteroatoms. The Morgan fingerprint density at radius 1 is 1.24 bits per heavy atom. The lowest BCUT2D eigenvalue weighted by Gasteiger charge is -2.21. The highest BCUT2D eigenvalue weighted by atomic mass is 16.2. The Labute approximate surface area is 149 Å². The standard InChI is InChI=1S/C18H29N5O2/c1-12(11-14-7-4-3-5-8-14)21-18(25)15(22-13(2)24)9-6-10-20-17-16(19)23-17/h3-5,7-8,12,15-17,20,23H,6,9-11,19H2,1-2H3,(H,21,25)(H,22,24). The van der Waals surface area contributed by atoms with Crippen molar-refractivity contribution in [2.75, 3.05) is 6.54 Å². The van der Waals surface area contributed by atoms with Crippen LogP contribution in [0.2, 0.25) is 0 Å². The molecule has 1 aliphatic rings. The highest BCUT2D eigenvalue weighted by molar-refractivity contribution is 5.86. The second-order valence-electron chi connectivity index (χ2n) is 6.62. The van der Waals surface area contributed by atoms with Gasteiger partial charge in [-0.25, -0.2) is 0 Å². The summed E-state index contributed by atoms with van der Waals surface area (Å²) in [5.74, 6) is -0.338. The van der Waals surface area contributed by atoms with Crippen molar-refractivity contribution in [1.29, 1.82) is 0 Å². The molecule has 0 aliphatic carbocycles. The van der Waals surface area contributed by atoms with Crippen LogP contribution in [0.5, 0.6) is 0 Å². The van der Waals surface area contributed by atoms with Gasteiger partial charge in [0.2, 0.25) is 11.8 Å². The van der Waals surface area contributed by atoms with Gasteiger partial charge in [0.15, 0.2) is 0 Å². The molecule has 2 amide bonds. The van der Waals surface area contributed by atoms with E-state index in [-0.39, 0.29) is 30.2 Å². The first-order valence-corrected chi connectivity index (χ1v) is 8.82. The van der Waals surface area contributed by atoms with E-state index < -0.39 is 6.04 Å². The smallest absolute Gasteiger partial charge is 0.242 e. The number of rotatable bonds is 10. The summed E-state index contributed by atoms with van der Waals surface area (Å²) >= 11 is 0. The van der Waals surface area contributed by atoms with E-state index in [4.69, 9.17) is 5.73 Å². The molecule has 1 aromatic rings. The van der Waals surface area contributed by atoms with Gasteiger partial charge in [-0.1, -0.05) is 30.3 Å². The summed E-state index contributed by atoms with van der Waals surface area (Å²) < 4.78 is 0. The molecule has 1 fully saturated rings. The number of hydrogen-bond acceptors (Lipinski definition) is 5. The van der Waals surface area contributed by atoms with E-state index >= 15 is 0 Å². The Morgan fingerprint density at radius 2 is 1.92 bits per heavy atom. The molecule has 4 atom stereocenters. The number of hydrogen-bond donors (Lipinski definition) is 5. The van der Waals surface area contributed by atoms with Crippen molar-refractivity contribution in [3.8, 4) is 0 Å². The molecule has 7 nitrogen and oxygen atoms in total. The van der Waals surface area contributed by atoms with Gasteiger partial charge in [0, 0.05) is 13.0 Å². The Morgan fingerprint density at radius 3 is 2.52 bits per heavy atom. The third-order valence-electron chi connectivity index (χ3n) is 4.12.